The number of likely N-dealkylation sites (N-methyl/N-ethyl adjacent to an activating group) is 1. The monoisotopic (exact) mass is 407 g/mol. The highest BCUT2D eigenvalue weighted by molar-refractivity contribution is 6.03. The zero-order chi connectivity index (χ0) is 20.9. The lowest BCUT2D eigenvalue weighted by atomic mass is 9.76. The Kier molecular flexibility index (Phi) is 4.43. The highest BCUT2D eigenvalue weighted by atomic mass is 19.1. The minimum atomic E-state index is -0.793. The van der Waals surface area contributed by atoms with E-state index in [-0.39, 0.29) is 23.7 Å². The van der Waals surface area contributed by atoms with Gasteiger partial charge in [0.15, 0.2) is 0 Å². The predicted octanol–water partition coefficient (Wildman–Crippen LogP) is 2.21. The lowest BCUT2D eigenvalue weighted by molar-refractivity contribution is -0.139. The second-order valence-corrected chi connectivity index (χ2v) is 8.13. The van der Waals surface area contributed by atoms with Crippen molar-refractivity contribution in [3.63, 3.8) is 0 Å². The summed E-state index contributed by atoms with van der Waals surface area (Å²) in [5.41, 5.74) is 0.732. The fourth-order valence-corrected chi connectivity index (χ4v) is 4.81. The van der Waals surface area contributed by atoms with Crippen LogP contribution in [0.1, 0.15) is 5.69 Å². The second kappa shape index (κ2) is 7.02. The molecule has 2 fully saturated rings. The van der Waals surface area contributed by atoms with Crippen molar-refractivity contribution in [2.75, 3.05) is 25.0 Å². The molecule has 3 aliphatic rings. The number of nitrogens with zero attached hydrogens (tertiary/aromatic N) is 3. The van der Waals surface area contributed by atoms with E-state index in [9.17, 15) is 14.0 Å². The summed E-state index contributed by atoms with van der Waals surface area (Å²) < 4.78 is 19.5. The highest BCUT2D eigenvalue weighted by Crippen LogP contribution is 2.53. The van der Waals surface area contributed by atoms with Gasteiger partial charge in [-0.3, -0.25) is 14.6 Å². The fraction of sp³-hybridized carbons (Fsp3) is 0.348. The van der Waals surface area contributed by atoms with Gasteiger partial charge in [0.2, 0.25) is 11.8 Å². The summed E-state index contributed by atoms with van der Waals surface area (Å²) in [7, 11) is 1.75. The van der Waals surface area contributed by atoms with Crippen LogP contribution in [0.5, 0.6) is 0 Å². The Bertz CT molecular complexity index is 1010. The first-order valence-corrected chi connectivity index (χ1v) is 10.1. The Balaban J connectivity index is 1.35. The normalized spacial score (nSPS) is 28.8. The number of ether oxygens (including phenoxy) is 1. The molecule has 2 bridgehead atoms. The van der Waals surface area contributed by atoms with Crippen molar-refractivity contribution in [2.45, 2.75) is 18.1 Å². The first-order chi connectivity index (χ1) is 14.5. The number of amides is 2. The molecule has 154 valence electrons. The van der Waals surface area contributed by atoms with Gasteiger partial charge in [0.05, 0.1) is 24.5 Å². The Hall–Kier alpha value is -3.06. The number of halogens is 1. The van der Waals surface area contributed by atoms with Gasteiger partial charge < -0.3 is 14.5 Å². The third-order valence-electron chi connectivity index (χ3n) is 6.33. The van der Waals surface area contributed by atoms with Crippen LogP contribution in [-0.2, 0) is 20.7 Å². The number of carbonyl (C=O) groups is 2. The van der Waals surface area contributed by atoms with Crippen molar-refractivity contribution in [2.24, 2.45) is 11.8 Å². The molecular weight excluding hydrogens is 385 g/mol. The van der Waals surface area contributed by atoms with Crippen LogP contribution in [0.3, 0.4) is 0 Å². The number of rotatable bonds is 5. The molecule has 0 saturated carbocycles. The smallest absolute Gasteiger partial charge is 0.234 e. The molecule has 4 atom stereocenters. The van der Waals surface area contributed by atoms with Crippen molar-refractivity contribution >= 4 is 17.5 Å². The number of carbonyl (C=O) groups excluding carboxylic acids is 2. The summed E-state index contributed by atoms with van der Waals surface area (Å²) in [6.07, 6.45) is 5.80. The van der Waals surface area contributed by atoms with E-state index in [4.69, 9.17) is 4.74 Å². The molecule has 2 amide bonds. The zero-order valence-electron chi connectivity index (χ0n) is 16.6. The lowest BCUT2D eigenvalue weighted by Gasteiger charge is -2.27. The summed E-state index contributed by atoms with van der Waals surface area (Å²) >= 11 is 0. The summed E-state index contributed by atoms with van der Waals surface area (Å²) in [5.74, 6) is -1.72. The average molecular weight is 407 g/mol. The molecule has 0 aliphatic carbocycles. The summed E-state index contributed by atoms with van der Waals surface area (Å²) in [6, 6.07) is 11.5. The second-order valence-electron chi connectivity index (χ2n) is 8.13. The molecule has 1 aromatic heterocycles. The molecule has 1 spiro atoms. The van der Waals surface area contributed by atoms with Gasteiger partial charge in [0.25, 0.3) is 0 Å². The number of anilines is 1. The maximum atomic E-state index is 13.3. The molecule has 7 heteroatoms. The van der Waals surface area contributed by atoms with E-state index in [0.717, 1.165) is 5.69 Å². The summed E-state index contributed by atoms with van der Waals surface area (Å²) in [4.78, 5) is 34.2. The van der Waals surface area contributed by atoms with E-state index in [1.807, 2.05) is 30.4 Å². The predicted molar refractivity (Wildman–Crippen MR) is 108 cm³/mol. The van der Waals surface area contributed by atoms with Crippen LogP contribution in [-0.4, -0.2) is 53.5 Å². The Labute approximate surface area is 174 Å². The number of benzene rings is 1. The molecule has 6 nitrogen and oxygen atoms in total. The van der Waals surface area contributed by atoms with E-state index < -0.39 is 17.4 Å². The van der Waals surface area contributed by atoms with Crippen molar-refractivity contribution in [3.8, 4) is 0 Å². The molecule has 2 aromatic rings. The first-order valence-electron chi connectivity index (χ1n) is 10.1. The quantitative estimate of drug-likeness (QED) is 0.713. The zero-order valence-corrected chi connectivity index (χ0v) is 16.6. The lowest BCUT2D eigenvalue weighted by Crippen LogP contribution is -2.45. The summed E-state index contributed by atoms with van der Waals surface area (Å²) in [6.45, 7) is 0.842. The minimum absolute atomic E-state index is 0.0959. The third-order valence-corrected chi connectivity index (χ3v) is 6.33. The Morgan fingerprint density at radius 2 is 2.10 bits per heavy atom. The molecule has 4 heterocycles. The highest BCUT2D eigenvalue weighted by Gasteiger charge is 2.67. The molecule has 1 aromatic carbocycles. The molecular formula is C23H22FN3O3. The van der Waals surface area contributed by atoms with Gasteiger partial charge in [0.1, 0.15) is 11.4 Å². The number of hydrogen-bond acceptors (Lipinski definition) is 4. The number of fused-ring (bicyclic) bond motifs is 1. The molecule has 5 rings (SSSR count). The van der Waals surface area contributed by atoms with Gasteiger partial charge in [-0.05, 0) is 36.4 Å². The largest absolute Gasteiger partial charge is 0.360 e. The van der Waals surface area contributed by atoms with Crippen molar-refractivity contribution in [1.29, 1.82) is 0 Å². The molecule has 3 aliphatic heterocycles. The van der Waals surface area contributed by atoms with Crippen LogP contribution in [0, 0.1) is 17.7 Å². The van der Waals surface area contributed by atoms with E-state index in [1.165, 1.54) is 12.1 Å². The standard InChI is InChI=1S/C23H22FN3O3/c1-26(13-10-16-4-2-3-12-25-16)21(28)19-18-9-11-23(30-18)14-27(22(29)20(19)23)17-7-5-15(24)6-8-17/h2-9,11-12,18-20H,10,13-14H2,1H3/t18-,19?,20?,23-/m0/s1. The van der Waals surface area contributed by atoms with Gasteiger partial charge in [-0.2, -0.15) is 0 Å². The van der Waals surface area contributed by atoms with Crippen LogP contribution in [0.15, 0.2) is 60.8 Å². The van der Waals surface area contributed by atoms with Crippen LogP contribution in [0.25, 0.3) is 0 Å². The molecule has 2 unspecified atom stereocenters. The van der Waals surface area contributed by atoms with E-state index >= 15 is 0 Å². The fourth-order valence-electron chi connectivity index (χ4n) is 4.81. The maximum absolute atomic E-state index is 13.3. The Morgan fingerprint density at radius 3 is 2.83 bits per heavy atom. The van der Waals surface area contributed by atoms with Crippen LogP contribution < -0.4 is 4.90 Å². The minimum Gasteiger partial charge on any atom is -0.360 e. The van der Waals surface area contributed by atoms with E-state index in [2.05, 4.69) is 4.98 Å². The molecule has 2 saturated heterocycles. The third kappa shape index (κ3) is 2.92. The van der Waals surface area contributed by atoms with Gasteiger partial charge in [-0.25, -0.2) is 4.39 Å². The van der Waals surface area contributed by atoms with Gasteiger partial charge in [0, 0.05) is 37.6 Å². The topological polar surface area (TPSA) is 62.7 Å². The van der Waals surface area contributed by atoms with Crippen LogP contribution in [0.4, 0.5) is 10.1 Å². The first kappa shape index (κ1) is 18.9. The average Bonchev–Trinajstić information content (AvgIpc) is 3.41. The van der Waals surface area contributed by atoms with Gasteiger partial charge in [-0.1, -0.05) is 18.2 Å². The summed E-state index contributed by atoms with van der Waals surface area (Å²) in [5, 5.41) is 0. The number of aromatic nitrogens is 1. The number of pyridine rings is 1. The molecule has 0 radical (unpaired) electrons. The van der Waals surface area contributed by atoms with Gasteiger partial charge >= 0.3 is 0 Å². The molecule has 0 N–H and O–H groups in total. The van der Waals surface area contributed by atoms with Gasteiger partial charge in [-0.15, -0.1) is 0 Å². The SMILES string of the molecule is CN(CCc1ccccn1)C(=O)C1C2C(=O)N(c3ccc(F)cc3)C[C@@]23C=C[C@@H]1O3. The Morgan fingerprint density at radius 1 is 1.30 bits per heavy atom. The van der Waals surface area contributed by atoms with Crippen LogP contribution >= 0.6 is 0 Å². The number of hydrogen-bond donors (Lipinski definition) is 0. The van der Waals surface area contributed by atoms with Crippen molar-refractivity contribution in [1.82, 2.24) is 9.88 Å². The maximum Gasteiger partial charge on any atom is 0.234 e. The van der Waals surface area contributed by atoms with Crippen molar-refractivity contribution < 1.29 is 18.7 Å². The van der Waals surface area contributed by atoms with Crippen LogP contribution in [0.2, 0.25) is 0 Å². The molecule has 30 heavy (non-hydrogen) atoms. The van der Waals surface area contributed by atoms with Crippen molar-refractivity contribution in [3.05, 3.63) is 72.3 Å². The van der Waals surface area contributed by atoms with E-state index in [0.29, 0.717) is 25.2 Å². The van der Waals surface area contributed by atoms with E-state index in [1.54, 1.807) is 35.2 Å².